The predicted molar refractivity (Wildman–Crippen MR) is 54.2 cm³/mol. The van der Waals surface area contributed by atoms with Crippen molar-refractivity contribution in [3.63, 3.8) is 0 Å². The van der Waals surface area contributed by atoms with Crippen molar-refractivity contribution in [3.05, 3.63) is 35.7 Å². The Labute approximate surface area is 94.9 Å². The molecule has 6 heteroatoms. The minimum absolute atomic E-state index is 0.170. The lowest BCUT2D eigenvalue weighted by atomic mass is 9.95. The third-order valence-corrected chi connectivity index (χ3v) is 2.89. The first-order valence-corrected chi connectivity index (χ1v) is 5.14. The van der Waals surface area contributed by atoms with Gasteiger partial charge in [0.15, 0.2) is 5.82 Å². The highest BCUT2D eigenvalue weighted by Gasteiger charge is 2.36. The smallest absolute Gasteiger partial charge is 0.245 e. The Hall–Kier alpha value is -1.85. The second-order valence-electron chi connectivity index (χ2n) is 3.89. The molecular formula is C11H8F3N3. The summed E-state index contributed by atoms with van der Waals surface area (Å²) >= 11 is 0. The molecule has 0 atom stereocenters. The van der Waals surface area contributed by atoms with E-state index in [0.29, 0.717) is 24.4 Å². The van der Waals surface area contributed by atoms with E-state index in [0.717, 1.165) is 6.07 Å². The van der Waals surface area contributed by atoms with E-state index in [1.54, 1.807) is 6.07 Å². The average molecular weight is 239 g/mol. The minimum Gasteiger partial charge on any atom is -0.245 e. The molecule has 0 radical (unpaired) electrons. The Morgan fingerprint density at radius 3 is 2.82 bits per heavy atom. The summed E-state index contributed by atoms with van der Waals surface area (Å²) in [6, 6.07) is 4.24. The third-order valence-electron chi connectivity index (χ3n) is 2.89. The molecule has 0 fully saturated rings. The molecule has 0 unspecified atom stereocenters. The van der Waals surface area contributed by atoms with Crippen molar-refractivity contribution in [1.82, 2.24) is 14.8 Å². The maximum Gasteiger partial charge on any atom is 0.417 e. The van der Waals surface area contributed by atoms with Crippen LogP contribution >= 0.6 is 0 Å². The largest absolute Gasteiger partial charge is 0.417 e. The van der Waals surface area contributed by atoms with E-state index in [9.17, 15) is 13.2 Å². The van der Waals surface area contributed by atoms with Crippen LogP contribution in [0.4, 0.5) is 13.2 Å². The molecule has 2 aromatic rings. The standard InChI is InChI=1S/C11H8F3N3/c12-11(13,14)8-3-1-2-7-4-5-17-10(9(7)8)15-6-16-17/h1-3,6H,4-5H2. The van der Waals surface area contributed by atoms with Crippen molar-refractivity contribution < 1.29 is 13.2 Å². The van der Waals surface area contributed by atoms with Crippen LogP contribution in [0.2, 0.25) is 0 Å². The molecule has 3 nitrogen and oxygen atoms in total. The molecule has 0 saturated carbocycles. The number of fused-ring (bicyclic) bond motifs is 3. The SMILES string of the molecule is FC(F)(F)c1cccc2c1-c1ncnn1CC2. The van der Waals surface area contributed by atoms with Crippen molar-refractivity contribution >= 4 is 0 Å². The van der Waals surface area contributed by atoms with Crippen molar-refractivity contribution in [2.45, 2.75) is 19.1 Å². The lowest BCUT2D eigenvalue weighted by molar-refractivity contribution is -0.137. The maximum absolute atomic E-state index is 12.9. The monoisotopic (exact) mass is 239 g/mol. The summed E-state index contributed by atoms with van der Waals surface area (Å²) in [5.74, 6) is 0.305. The Morgan fingerprint density at radius 2 is 2.06 bits per heavy atom. The van der Waals surface area contributed by atoms with Gasteiger partial charge in [0.1, 0.15) is 6.33 Å². The van der Waals surface area contributed by atoms with Gasteiger partial charge in [-0.1, -0.05) is 12.1 Å². The molecule has 88 valence electrons. The van der Waals surface area contributed by atoms with Gasteiger partial charge in [0.25, 0.3) is 0 Å². The lowest BCUT2D eigenvalue weighted by Crippen LogP contribution is -2.17. The van der Waals surface area contributed by atoms with E-state index in [4.69, 9.17) is 0 Å². The van der Waals surface area contributed by atoms with Crippen LogP contribution in [0.15, 0.2) is 24.5 Å². The van der Waals surface area contributed by atoms with Crippen LogP contribution in [0, 0.1) is 0 Å². The normalized spacial score (nSPS) is 14.3. The van der Waals surface area contributed by atoms with Gasteiger partial charge in [0, 0.05) is 12.1 Å². The molecule has 0 amide bonds. The quantitative estimate of drug-likeness (QED) is 0.707. The summed E-state index contributed by atoms with van der Waals surface area (Å²) in [7, 11) is 0. The van der Waals surface area contributed by atoms with Gasteiger partial charge < -0.3 is 0 Å². The lowest BCUT2D eigenvalue weighted by Gasteiger charge is -2.20. The zero-order chi connectivity index (χ0) is 12.0. The number of rotatable bonds is 0. The summed E-state index contributed by atoms with van der Waals surface area (Å²) in [6.45, 7) is 0.573. The number of aromatic nitrogens is 3. The molecule has 1 aliphatic heterocycles. The number of aryl methyl sites for hydroxylation is 2. The van der Waals surface area contributed by atoms with Crippen LogP contribution in [0.5, 0.6) is 0 Å². The number of halogens is 3. The summed E-state index contributed by atoms with van der Waals surface area (Å²) in [5.41, 5.74) is 0.216. The van der Waals surface area contributed by atoms with E-state index in [1.165, 1.54) is 17.1 Å². The number of nitrogens with zero attached hydrogens (tertiary/aromatic N) is 3. The fraction of sp³-hybridized carbons (Fsp3) is 0.273. The second kappa shape index (κ2) is 3.32. The van der Waals surface area contributed by atoms with Crippen molar-refractivity contribution in [3.8, 4) is 11.4 Å². The molecule has 2 heterocycles. The molecule has 1 aliphatic rings. The topological polar surface area (TPSA) is 30.7 Å². The Kier molecular flexibility index (Phi) is 2.01. The van der Waals surface area contributed by atoms with Crippen LogP contribution < -0.4 is 0 Å². The van der Waals surface area contributed by atoms with Gasteiger partial charge >= 0.3 is 6.18 Å². The zero-order valence-corrected chi connectivity index (χ0v) is 8.70. The predicted octanol–water partition coefficient (Wildman–Crippen LogP) is 2.52. The molecule has 0 saturated heterocycles. The van der Waals surface area contributed by atoms with Gasteiger partial charge in [0.2, 0.25) is 0 Å². The molecule has 1 aromatic heterocycles. The van der Waals surface area contributed by atoms with Gasteiger partial charge in [-0.2, -0.15) is 18.3 Å². The van der Waals surface area contributed by atoms with E-state index in [-0.39, 0.29) is 5.56 Å². The highest BCUT2D eigenvalue weighted by atomic mass is 19.4. The van der Waals surface area contributed by atoms with Crippen LogP contribution in [0.1, 0.15) is 11.1 Å². The maximum atomic E-state index is 12.9. The van der Waals surface area contributed by atoms with E-state index in [2.05, 4.69) is 10.1 Å². The van der Waals surface area contributed by atoms with Gasteiger partial charge in [0.05, 0.1) is 5.56 Å². The van der Waals surface area contributed by atoms with E-state index in [1.807, 2.05) is 0 Å². The molecule has 0 N–H and O–H groups in total. The molecule has 0 bridgehead atoms. The minimum atomic E-state index is -4.36. The van der Waals surface area contributed by atoms with Crippen LogP contribution in [0.25, 0.3) is 11.4 Å². The molecule has 0 aliphatic carbocycles. The third kappa shape index (κ3) is 1.51. The molecule has 17 heavy (non-hydrogen) atoms. The van der Waals surface area contributed by atoms with Crippen molar-refractivity contribution in [2.75, 3.05) is 0 Å². The number of benzene rings is 1. The fourth-order valence-corrected chi connectivity index (χ4v) is 2.16. The highest BCUT2D eigenvalue weighted by Crippen LogP contribution is 2.39. The van der Waals surface area contributed by atoms with Gasteiger partial charge in [-0.15, -0.1) is 0 Å². The Bertz CT molecular complexity index is 572. The van der Waals surface area contributed by atoms with Crippen LogP contribution in [-0.2, 0) is 19.1 Å². The molecule has 3 rings (SSSR count). The molecular weight excluding hydrogens is 231 g/mol. The highest BCUT2D eigenvalue weighted by molar-refractivity contribution is 5.67. The van der Waals surface area contributed by atoms with Crippen molar-refractivity contribution in [2.24, 2.45) is 0 Å². The summed E-state index contributed by atoms with van der Waals surface area (Å²) < 4.78 is 40.3. The first-order chi connectivity index (χ1) is 8.07. The summed E-state index contributed by atoms with van der Waals surface area (Å²) in [4.78, 5) is 3.92. The van der Waals surface area contributed by atoms with Gasteiger partial charge in [-0.25, -0.2) is 9.67 Å². The van der Waals surface area contributed by atoms with E-state index < -0.39 is 11.7 Å². The van der Waals surface area contributed by atoms with Crippen molar-refractivity contribution in [1.29, 1.82) is 0 Å². The Morgan fingerprint density at radius 1 is 1.24 bits per heavy atom. The molecule has 0 spiro atoms. The second-order valence-corrected chi connectivity index (χ2v) is 3.89. The van der Waals surface area contributed by atoms with Gasteiger partial charge in [-0.3, -0.25) is 0 Å². The summed E-state index contributed by atoms with van der Waals surface area (Å²) in [6.07, 6.45) is -2.52. The van der Waals surface area contributed by atoms with Gasteiger partial charge in [-0.05, 0) is 18.1 Å². The Balaban J connectivity index is 2.30. The summed E-state index contributed by atoms with van der Waals surface area (Å²) in [5, 5.41) is 3.92. The van der Waals surface area contributed by atoms with E-state index >= 15 is 0 Å². The molecule has 1 aromatic carbocycles. The zero-order valence-electron chi connectivity index (χ0n) is 8.70. The average Bonchev–Trinajstić information content (AvgIpc) is 2.75. The first-order valence-electron chi connectivity index (χ1n) is 5.14. The van der Waals surface area contributed by atoms with Crippen LogP contribution in [0.3, 0.4) is 0 Å². The number of alkyl halides is 3. The number of hydrogen-bond acceptors (Lipinski definition) is 2. The fourth-order valence-electron chi connectivity index (χ4n) is 2.16. The van der Waals surface area contributed by atoms with Crippen LogP contribution in [-0.4, -0.2) is 14.8 Å². The number of hydrogen-bond donors (Lipinski definition) is 0. The first kappa shape index (κ1) is 10.3.